The maximum atomic E-state index is 13.2. The molecule has 0 saturated heterocycles. The van der Waals surface area contributed by atoms with Gasteiger partial charge in [0, 0.05) is 6.07 Å². The molecule has 1 aromatic rings. The van der Waals surface area contributed by atoms with Crippen molar-refractivity contribution < 1.29 is 18.7 Å². The number of benzene rings is 1. The Bertz CT molecular complexity index is 336. The topological polar surface area (TPSA) is 35.5 Å². The summed E-state index contributed by atoms with van der Waals surface area (Å²) in [6, 6.07) is 4.34. The molecule has 76 valence electrons. The second-order valence-corrected chi connectivity index (χ2v) is 2.71. The van der Waals surface area contributed by atoms with E-state index in [2.05, 4.69) is 4.74 Å². The molecule has 0 aliphatic rings. The van der Waals surface area contributed by atoms with E-state index in [0.29, 0.717) is 11.3 Å². The molecule has 1 aromatic carbocycles. The van der Waals surface area contributed by atoms with Gasteiger partial charge in [-0.05, 0) is 11.6 Å². The molecular formula is C10H11FO3. The fraction of sp³-hybridized carbons (Fsp3) is 0.300. The van der Waals surface area contributed by atoms with Gasteiger partial charge in [-0.1, -0.05) is 6.07 Å². The molecule has 0 unspecified atom stereocenters. The average molecular weight is 198 g/mol. The lowest BCUT2D eigenvalue weighted by molar-refractivity contribution is -0.139. The van der Waals surface area contributed by atoms with Crippen molar-refractivity contribution in [2.75, 3.05) is 14.2 Å². The lowest BCUT2D eigenvalue weighted by atomic mass is 10.1. The van der Waals surface area contributed by atoms with E-state index in [9.17, 15) is 9.18 Å². The summed E-state index contributed by atoms with van der Waals surface area (Å²) >= 11 is 0. The minimum Gasteiger partial charge on any atom is -0.497 e. The van der Waals surface area contributed by atoms with Crippen LogP contribution in [0, 0.1) is 5.82 Å². The van der Waals surface area contributed by atoms with Crippen LogP contribution in [-0.4, -0.2) is 20.2 Å². The summed E-state index contributed by atoms with van der Waals surface area (Å²) < 4.78 is 22.5. The minimum absolute atomic E-state index is 0.0632. The van der Waals surface area contributed by atoms with Gasteiger partial charge in [0.2, 0.25) is 0 Å². The molecule has 0 aromatic heterocycles. The number of ether oxygens (including phenoxy) is 2. The molecule has 4 heteroatoms. The summed E-state index contributed by atoms with van der Waals surface area (Å²) in [6.07, 6.45) is -0.0632. The average Bonchev–Trinajstić information content (AvgIpc) is 2.20. The van der Waals surface area contributed by atoms with Crippen molar-refractivity contribution in [1.82, 2.24) is 0 Å². The van der Waals surface area contributed by atoms with Crippen LogP contribution >= 0.6 is 0 Å². The van der Waals surface area contributed by atoms with Crippen LogP contribution in [0.2, 0.25) is 0 Å². The van der Waals surface area contributed by atoms with Crippen LogP contribution in [0.15, 0.2) is 18.2 Å². The van der Waals surface area contributed by atoms with Crippen LogP contribution in [0.3, 0.4) is 0 Å². The Hall–Kier alpha value is -1.58. The Kier molecular flexibility index (Phi) is 3.45. The first-order valence-electron chi connectivity index (χ1n) is 4.06. The van der Waals surface area contributed by atoms with Crippen LogP contribution in [-0.2, 0) is 16.0 Å². The van der Waals surface area contributed by atoms with Crippen molar-refractivity contribution in [3.8, 4) is 5.75 Å². The van der Waals surface area contributed by atoms with E-state index in [1.165, 1.54) is 26.4 Å². The quantitative estimate of drug-likeness (QED) is 0.691. The van der Waals surface area contributed by atoms with Crippen molar-refractivity contribution in [3.63, 3.8) is 0 Å². The summed E-state index contributed by atoms with van der Waals surface area (Å²) in [4.78, 5) is 10.9. The van der Waals surface area contributed by atoms with Gasteiger partial charge in [-0.3, -0.25) is 4.79 Å². The Labute approximate surface area is 81.4 Å². The second-order valence-electron chi connectivity index (χ2n) is 2.71. The fourth-order valence-electron chi connectivity index (χ4n) is 1.03. The third-order valence-electron chi connectivity index (χ3n) is 1.82. The molecule has 14 heavy (non-hydrogen) atoms. The fourth-order valence-corrected chi connectivity index (χ4v) is 1.03. The highest BCUT2D eigenvalue weighted by atomic mass is 19.1. The van der Waals surface area contributed by atoms with E-state index in [4.69, 9.17) is 4.74 Å². The first kappa shape index (κ1) is 10.5. The third-order valence-corrected chi connectivity index (χ3v) is 1.82. The first-order chi connectivity index (χ1) is 6.67. The summed E-state index contributed by atoms with van der Waals surface area (Å²) in [5.41, 5.74) is 0.303. The molecule has 0 radical (unpaired) electrons. The van der Waals surface area contributed by atoms with E-state index in [1.54, 1.807) is 6.07 Å². The summed E-state index contributed by atoms with van der Waals surface area (Å²) in [5.74, 6) is -0.500. The Morgan fingerprint density at radius 3 is 2.64 bits per heavy atom. The number of halogens is 1. The van der Waals surface area contributed by atoms with Gasteiger partial charge in [-0.2, -0.15) is 0 Å². The molecular weight excluding hydrogens is 187 g/mol. The molecule has 3 nitrogen and oxygen atoms in total. The lowest BCUT2D eigenvalue weighted by Crippen LogP contribution is -2.06. The van der Waals surface area contributed by atoms with E-state index < -0.39 is 11.8 Å². The zero-order valence-corrected chi connectivity index (χ0v) is 8.04. The van der Waals surface area contributed by atoms with Gasteiger partial charge in [0.25, 0.3) is 0 Å². The highest BCUT2D eigenvalue weighted by molar-refractivity contribution is 5.72. The van der Waals surface area contributed by atoms with E-state index in [0.717, 1.165) is 0 Å². The van der Waals surface area contributed by atoms with Crippen LogP contribution in [0.4, 0.5) is 4.39 Å². The number of rotatable bonds is 3. The minimum atomic E-state index is -0.464. The molecule has 0 heterocycles. The van der Waals surface area contributed by atoms with E-state index in [-0.39, 0.29) is 6.42 Å². The number of hydrogen-bond acceptors (Lipinski definition) is 3. The maximum Gasteiger partial charge on any atom is 0.310 e. The SMILES string of the molecule is COC(=O)Cc1ccc(OC)cc1F. The van der Waals surface area contributed by atoms with E-state index >= 15 is 0 Å². The highest BCUT2D eigenvalue weighted by Crippen LogP contribution is 2.16. The molecule has 0 aliphatic carbocycles. The maximum absolute atomic E-state index is 13.2. The van der Waals surface area contributed by atoms with Crippen LogP contribution < -0.4 is 4.74 Å². The summed E-state index contributed by atoms with van der Waals surface area (Å²) in [7, 11) is 2.72. The standard InChI is InChI=1S/C10H11FO3/c1-13-8-4-3-7(9(11)6-8)5-10(12)14-2/h3-4,6H,5H2,1-2H3. The van der Waals surface area contributed by atoms with Gasteiger partial charge >= 0.3 is 5.97 Å². The number of hydrogen-bond donors (Lipinski definition) is 0. The van der Waals surface area contributed by atoms with Gasteiger partial charge < -0.3 is 9.47 Å². The van der Waals surface area contributed by atoms with Gasteiger partial charge in [-0.15, -0.1) is 0 Å². The smallest absolute Gasteiger partial charge is 0.310 e. The van der Waals surface area contributed by atoms with Crippen molar-refractivity contribution in [1.29, 1.82) is 0 Å². The molecule has 0 N–H and O–H groups in total. The molecule has 0 amide bonds. The van der Waals surface area contributed by atoms with Gasteiger partial charge in [0.1, 0.15) is 11.6 Å². The zero-order chi connectivity index (χ0) is 10.6. The molecule has 0 spiro atoms. The predicted octanol–water partition coefficient (Wildman–Crippen LogP) is 1.55. The van der Waals surface area contributed by atoms with Gasteiger partial charge in [0.15, 0.2) is 0 Å². The largest absolute Gasteiger partial charge is 0.497 e. The predicted molar refractivity (Wildman–Crippen MR) is 48.7 cm³/mol. The Morgan fingerprint density at radius 1 is 1.43 bits per heavy atom. The number of carbonyl (C=O) groups is 1. The lowest BCUT2D eigenvalue weighted by Gasteiger charge is -2.04. The normalized spacial score (nSPS) is 9.64. The van der Waals surface area contributed by atoms with Crippen LogP contribution in [0.5, 0.6) is 5.75 Å². The number of esters is 1. The molecule has 0 aliphatic heterocycles. The van der Waals surface area contributed by atoms with Crippen molar-refractivity contribution in [2.24, 2.45) is 0 Å². The third kappa shape index (κ3) is 2.45. The molecule has 0 bridgehead atoms. The van der Waals surface area contributed by atoms with Crippen LogP contribution in [0.25, 0.3) is 0 Å². The van der Waals surface area contributed by atoms with Crippen molar-refractivity contribution >= 4 is 5.97 Å². The molecule has 0 atom stereocenters. The molecule has 1 rings (SSSR count). The Balaban J connectivity index is 2.83. The van der Waals surface area contributed by atoms with Crippen molar-refractivity contribution in [3.05, 3.63) is 29.6 Å². The first-order valence-corrected chi connectivity index (χ1v) is 4.06. The summed E-state index contributed by atoms with van der Waals surface area (Å²) in [6.45, 7) is 0. The number of methoxy groups -OCH3 is 2. The second kappa shape index (κ2) is 4.60. The number of carbonyl (C=O) groups excluding carboxylic acids is 1. The van der Waals surface area contributed by atoms with Crippen LogP contribution in [0.1, 0.15) is 5.56 Å². The van der Waals surface area contributed by atoms with Gasteiger partial charge in [-0.25, -0.2) is 4.39 Å². The molecule has 0 fully saturated rings. The molecule has 0 saturated carbocycles. The van der Waals surface area contributed by atoms with E-state index in [1.807, 2.05) is 0 Å². The zero-order valence-electron chi connectivity index (χ0n) is 8.04. The van der Waals surface area contributed by atoms with Crippen molar-refractivity contribution in [2.45, 2.75) is 6.42 Å². The summed E-state index contributed by atoms with van der Waals surface area (Å²) in [5, 5.41) is 0. The Morgan fingerprint density at radius 2 is 2.14 bits per heavy atom. The monoisotopic (exact) mass is 198 g/mol. The van der Waals surface area contributed by atoms with Gasteiger partial charge in [0.05, 0.1) is 20.6 Å². The highest BCUT2D eigenvalue weighted by Gasteiger charge is 2.08.